The van der Waals surface area contributed by atoms with Crippen molar-refractivity contribution < 1.29 is 14.3 Å². The minimum atomic E-state index is -0.485. The number of nitrogens with zero attached hydrogens (tertiary/aromatic N) is 1. The van der Waals surface area contributed by atoms with E-state index in [2.05, 4.69) is 11.4 Å². The Balaban J connectivity index is 1.33. The van der Waals surface area contributed by atoms with Crippen LogP contribution in [-0.4, -0.2) is 17.9 Å². The molecule has 0 spiro atoms. The summed E-state index contributed by atoms with van der Waals surface area (Å²) in [4.78, 5) is 24.1. The molecular weight excluding hydrogens is 388 g/mol. The second-order valence-corrected chi connectivity index (χ2v) is 7.34. The zero-order chi connectivity index (χ0) is 21.6. The Morgan fingerprint density at radius 3 is 2.10 bits per heavy atom. The number of ether oxygens (including phenoxy) is 1. The van der Waals surface area contributed by atoms with Gasteiger partial charge in [-0.15, -0.1) is 0 Å². The minimum Gasteiger partial charge on any atom is -0.423 e. The molecule has 5 heteroatoms. The van der Waals surface area contributed by atoms with E-state index in [4.69, 9.17) is 10.00 Å². The Labute approximate surface area is 180 Å². The molecule has 1 N–H and O–H groups in total. The summed E-state index contributed by atoms with van der Waals surface area (Å²) in [7, 11) is 0. The van der Waals surface area contributed by atoms with Gasteiger partial charge in [-0.2, -0.15) is 5.26 Å². The SMILES string of the molecule is N#Cc1ccc(-c2ccc(OC(=O)/C=C/c3ccc(C(=O)NC4CC4)cc3)cc2)cc1. The summed E-state index contributed by atoms with van der Waals surface area (Å²) in [5.74, 6) is -0.109. The monoisotopic (exact) mass is 408 g/mol. The predicted octanol–water partition coefficient (Wildman–Crippen LogP) is 4.74. The first-order valence-electron chi connectivity index (χ1n) is 10.0. The molecule has 1 aliphatic rings. The highest BCUT2D eigenvalue weighted by molar-refractivity contribution is 5.95. The number of carbonyl (C=O) groups is 2. The number of nitrogens with one attached hydrogen (secondary N) is 1. The van der Waals surface area contributed by atoms with Crippen molar-refractivity contribution in [3.8, 4) is 22.9 Å². The van der Waals surface area contributed by atoms with E-state index in [0.29, 0.717) is 22.9 Å². The minimum absolute atomic E-state index is 0.0677. The van der Waals surface area contributed by atoms with E-state index >= 15 is 0 Å². The zero-order valence-corrected chi connectivity index (χ0v) is 16.7. The summed E-state index contributed by atoms with van der Waals surface area (Å²) in [6, 6.07) is 23.9. The fraction of sp³-hybridized carbons (Fsp3) is 0.115. The number of esters is 1. The van der Waals surface area contributed by atoms with Crippen LogP contribution < -0.4 is 10.1 Å². The molecule has 0 radical (unpaired) electrons. The molecule has 0 heterocycles. The van der Waals surface area contributed by atoms with Crippen molar-refractivity contribution in [2.75, 3.05) is 0 Å². The fourth-order valence-electron chi connectivity index (χ4n) is 3.01. The second kappa shape index (κ2) is 9.10. The molecule has 152 valence electrons. The van der Waals surface area contributed by atoms with Crippen molar-refractivity contribution in [3.05, 3.63) is 95.6 Å². The third-order valence-electron chi connectivity index (χ3n) is 4.92. The van der Waals surface area contributed by atoms with Gasteiger partial charge in [0.05, 0.1) is 11.6 Å². The average molecular weight is 408 g/mol. The molecular formula is C26H20N2O3. The lowest BCUT2D eigenvalue weighted by molar-refractivity contribution is -0.128. The number of carbonyl (C=O) groups excluding carboxylic acids is 2. The maximum absolute atomic E-state index is 12.1. The molecule has 0 unspecified atom stereocenters. The number of rotatable bonds is 6. The van der Waals surface area contributed by atoms with Gasteiger partial charge >= 0.3 is 5.97 Å². The lowest BCUT2D eigenvalue weighted by Crippen LogP contribution is -2.25. The van der Waals surface area contributed by atoms with Gasteiger partial charge in [0, 0.05) is 17.7 Å². The van der Waals surface area contributed by atoms with E-state index in [1.807, 2.05) is 24.3 Å². The van der Waals surface area contributed by atoms with Crippen LogP contribution in [0.2, 0.25) is 0 Å². The normalized spacial score (nSPS) is 12.9. The van der Waals surface area contributed by atoms with Gasteiger partial charge in [0.2, 0.25) is 0 Å². The number of nitriles is 1. The maximum Gasteiger partial charge on any atom is 0.336 e. The van der Waals surface area contributed by atoms with Crippen molar-refractivity contribution in [2.45, 2.75) is 18.9 Å². The van der Waals surface area contributed by atoms with E-state index in [1.54, 1.807) is 54.6 Å². The van der Waals surface area contributed by atoms with Crippen molar-refractivity contribution in [2.24, 2.45) is 0 Å². The highest BCUT2D eigenvalue weighted by Gasteiger charge is 2.23. The lowest BCUT2D eigenvalue weighted by atomic mass is 10.0. The highest BCUT2D eigenvalue weighted by Crippen LogP contribution is 2.23. The van der Waals surface area contributed by atoms with Gasteiger partial charge in [0.1, 0.15) is 5.75 Å². The number of hydrogen-bond donors (Lipinski definition) is 1. The van der Waals surface area contributed by atoms with Crippen LogP contribution in [0.25, 0.3) is 17.2 Å². The van der Waals surface area contributed by atoms with Crippen LogP contribution in [0.3, 0.4) is 0 Å². The van der Waals surface area contributed by atoms with Crippen LogP contribution in [0.5, 0.6) is 5.75 Å². The number of amides is 1. The van der Waals surface area contributed by atoms with Gasteiger partial charge < -0.3 is 10.1 Å². The molecule has 0 bridgehead atoms. The van der Waals surface area contributed by atoms with Gasteiger partial charge in [0.15, 0.2) is 0 Å². The standard InChI is InChI=1S/C26H20N2O3/c27-17-19-3-6-20(7-4-19)21-10-14-24(15-11-21)31-25(29)16-5-18-1-8-22(9-2-18)26(30)28-23-12-13-23/h1-11,14-16,23H,12-13H2,(H,28,30)/b16-5+. The molecule has 3 aromatic rings. The van der Waals surface area contributed by atoms with Gasteiger partial charge in [-0.25, -0.2) is 4.79 Å². The summed E-state index contributed by atoms with van der Waals surface area (Å²) in [6.45, 7) is 0. The third kappa shape index (κ3) is 5.46. The molecule has 0 saturated heterocycles. The molecule has 1 saturated carbocycles. The molecule has 3 aromatic carbocycles. The first kappa shape index (κ1) is 20.1. The first-order valence-corrected chi connectivity index (χ1v) is 10.0. The van der Waals surface area contributed by atoms with E-state index < -0.39 is 5.97 Å². The van der Waals surface area contributed by atoms with Crippen LogP contribution >= 0.6 is 0 Å². The van der Waals surface area contributed by atoms with Crippen molar-refractivity contribution in [3.63, 3.8) is 0 Å². The largest absolute Gasteiger partial charge is 0.423 e. The van der Waals surface area contributed by atoms with E-state index in [9.17, 15) is 9.59 Å². The Hall–Kier alpha value is -4.17. The Bertz CT molecular complexity index is 1150. The van der Waals surface area contributed by atoms with E-state index in [1.165, 1.54) is 6.08 Å². The molecule has 5 nitrogen and oxygen atoms in total. The molecule has 0 aromatic heterocycles. The van der Waals surface area contributed by atoms with Crippen LogP contribution in [-0.2, 0) is 4.79 Å². The quantitative estimate of drug-likeness (QED) is 0.363. The molecule has 4 rings (SSSR count). The fourth-order valence-corrected chi connectivity index (χ4v) is 3.01. The Morgan fingerprint density at radius 2 is 1.52 bits per heavy atom. The van der Waals surface area contributed by atoms with Crippen molar-refractivity contribution in [1.29, 1.82) is 5.26 Å². The van der Waals surface area contributed by atoms with Crippen LogP contribution in [0.4, 0.5) is 0 Å². The zero-order valence-electron chi connectivity index (χ0n) is 16.7. The third-order valence-corrected chi connectivity index (χ3v) is 4.92. The maximum atomic E-state index is 12.1. The number of benzene rings is 3. The first-order chi connectivity index (χ1) is 15.1. The van der Waals surface area contributed by atoms with Crippen molar-refractivity contribution in [1.82, 2.24) is 5.32 Å². The Kier molecular flexibility index (Phi) is 5.91. The number of hydrogen-bond acceptors (Lipinski definition) is 4. The summed E-state index contributed by atoms with van der Waals surface area (Å²) >= 11 is 0. The van der Waals surface area contributed by atoms with Gasteiger partial charge in [0.25, 0.3) is 5.91 Å². The average Bonchev–Trinajstić information content (AvgIpc) is 3.62. The van der Waals surface area contributed by atoms with Gasteiger partial charge in [-0.05, 0) is 72.0 Å². The highest BCUT2D eigenvalue weighted by atomic mass is 16.5. The van der Waals surface area contributed by atoms with Gasteiger partial charge in [-0.1, -0.05) is 36.4 Å². The van der Waals surface area contributed by atoms with E-state index in [0.717, 1.165) is 29.5 Å². The van der Waals surface area contributed by atoms with Crippen molar-refractivity contribution >= 4 is 18.0 Å². The molecule has 1 aliphatic carbocycles. The summed E-state index contributed by atoms with van der Waals surface area (Å²) in [6.07, 6.45) is 5.10. The lowest BCUT2D eigenvalue weighted by Gasteiger charge is -2.05. The molecule has 0 aliphatic heterocycles. The molecule has 0 atom stereocenters. The summed E-state index contributed by atoms with van der Waals surface area (Å²) in [5, 5.41) is 11.8. The molecule has 1 amide bonds. The van der Waals surface area contributed by atoms with E-state index in [-0.39, 0.29) is 5.91 Å². The molecule has 31 heavy (non-hydrogen) atoms. The summed E-state index contributed by atoms with van der Waals surface area (Å²) in [5.41, 5.74) is 3.96. The predicted molar refractivity (Wildman–Crippen MR) is 118 cm³/mol. The van der Waals surface area contributed by atoms with Crippen LogP contribution in [0.1, 0.15) is 34.3 Å². The smallest absolute Gasteiger partial charge is 0.336 e. The Morgan fingerprint density at radius 1 is 0.903 bits per heavy atom. The second-order valence-electron chi connectivity index (χ2n) is 7.34. The van der Waals surface area contributed by atoms with Gasteiger partial charge in [-0.3, -0.25) is 4.79 Å². The van der Waals surface area contributed by atoms with Crippen LogP contribution in [0.15, 0.2) is 78.9 Å². The summed E-state index contributed by atoms with van der Waals surface area (Å²) < 4.78 is 5.34. The van der Waals surface area contributed by atoms with Crippen LogP contribution in [0, 0.1) is 11.3 Å². The molecule has 1 fully saturated rings. The topological polar surface area (TPSA) is 79.2 Å².